The van der Waals surface area contributed by atoms with E-state index in [1.165, 1.54) is 30.5 Å². The molecule has 1 amide bonds. The number of benzene rings is 2. The Morgan fingerprint density at radius 2 is 1.88 bits per heavy atom. The highest BCUT2D eigenvalue weighted by Gasteiger charge is 2.33. The van der Waals surface area contributed by atoms with E-state index in [1.54, 1.807) is 18.2 Å². The average molecular weight is 482 g/mol. The van der Waals surface area contributed by atoms with Gasteiger partial charge in [-0.2, -0.15) is 18.4 Å². The van der Waals surface area contributed by atoms with Crippen molar-refractivity contribution in [3.63, 3.8) is 0 Å². The predicted octanol–water partition coefficient (Wildman–Crippen LogP) is 6.04. The maximum Gasteiger partial charge on any atom is 0.406 e. The molecule has 0 saturated carbocycles. The SMILES string of the molecule is N#Cc1ccc(CN(CC(F)(F)F)C(=O)CCc2ncc(-c3ccc(Cl)cc3Cl)o2)cc1. The van der Waals surface area contributed by atoms with Gasteiger partial charge in [0.25, 0.3) is 0 Å². The van der Waals surface area contributed by atoms with E-state index in [1.807, 2.05) is 6.07 Å². The summed E-state index contributed by atoms with van der Waals surface area (Å²) in [4.78, 5) is 17.4. The van der Waals surface area contributed by atoms with Crippen LogP contribution in [0.4, 0.5) is 13.2 Å². The molecule has 0 N–H and O–H groups in total. The van der Waals surface area contributed by atoms with E-state index in [2.05, 4.69) is 4.98 Å². The van der Waals surface area contributed by atoms with Crippen LogP contribution in [0.5, 0.6) is 0 Å². The van der Waals surface area contributed by atoms with Crippen molar-refractivity contribution in [2.45, 2.75) is 25.6 Å². The molecule has 1 aromatic heterocycles. The van der Waals surface area contributed by atoms with Crippen molar-refractivity contribution in [3.8, 4) is 17.4 Å². The lowest BCUT2D eigenvalue weighted by atomic mass is 10.1. The van der Waals surface area contributed by atoms with Gasteiger partial charge in [-0.25, -0.2) is 4.98 Å². The molecule has 0 aliphatic rings. The topological polar surface area (TPSA) is 70.1 Å². The highest BCUT2D eigenvalue weighted by atomic mass is 35.5. The number of carbonyl (C=O) groups excluding carboxylic acids is 1. The molecule has 0 fully saturated rings. The van der Waals surface area contributed by atoms with Crippen LogP contribution in [-0.2, 0) is 17.8 Å². The van der Waals surface area contributed by atoms with Crippen molar-refractivity contribution in [3.05, 3.63) is 75.7 Å². The highest BCUT2D eigenvalue weighted by Crippen LogP contribution is 2.31. The third-order valence-corrected chi connectivity index (χ3v) is 5.03. The molecular weight excluding hydrogens is 466 g/mol. The summed E-state index contributed by atoms with van der Waals surface area (Å²) < 4.78 is 44.7. The quantitative estimate of drug-likeness (QED) is 0.412. The molecule has 0 radical (unpaired) electrons. The van der Waals surface area contributed by atoms with Gasteiger partial charge >= 0.3 is 6.18 Å². The Bertz CT molecular complexity index is 1140. The zero-order chi connectivity index (χ0) is 23.3. The zero-order valence-electron chi connectivity index (χ0n) is 16.5. The predicted molar refractivity (Wildman–Crippen MR) is 113 cm³/mol. The van der Waals surface area contributed by atoms with Crippen LogP contribution in [0.15, 0.2) is 53.1 Å². The molecule has 32 heavy (non-hydrogen) atoms. The maximum absolute atomic E-state index is 13.0. The van der Waals surface area contributed by atoms with Crippen LogP contribution in [0, 0.1) is 11.3 Å². The van der Waals surface area contributed by atoms with Crippen LogP contribution in [-0.4, -0.2) is 28.5 Å². The Kier molecular flexibility index (Phi) is 7.44. The fraction of sp³-hybridized carbons (Fsp3) is 0.227. The van der Waals surface area contributed by atoms with E-state index in [4.69, 9.17) is 32.9 Å². The fourth-order valence-corrected chi connectivity index (χ4v) is 3.47. The van der Waals surface area contributed by atoms with Crippen molar-refractivity contribution in [2.24, 2.45) is 0 Å². The molecule has 3 rings (SSSR count). The number of nitriles is 1. The second-order valence-electron chi connectivity index (χ2n) is 6.92. The minimum absolute atomic E-state index is 0.0196. The van der Waals surface area contributed by atoms with Crippen molar-refractivity contribution in [1.29, 1.82) is 5.26 Å². The number of halogens is 5. The molecule has 0 atom stereocenters. The van der Waals surface area contributed by atoms with Gasteiger partial charge in [-0.15, -0.1) is 0 Å². The number of hydrogen-bond donors (Lipinski definition) is 0. The van der Waals surface area contributed by atoms with Crippen molar-refractivity contribution in [1.82, 2.24) is 9.88 Å². The molecule has 166 valence electrons. The van der Waals surface area contributed by atoms with Crippen LogP contribution in [0.3, 0.4) is 0 Å². The number of alkyl halides is 3. The summed E-state index contributed by atoms with van der Waals surface area (Å²) in [6.45, 7) is -1.62. The summed E-state index contributed by atoms with van der Waals surface area (Å²) in [5.41, 5.74) is 1.42. The lowest BCUT2D eigenvalue weighted by molar-refractivity contribution is -0.162. The van der Waals surface area contributed by atoms with E-state index in [-0.39, 0.29) is 25.3 Å². The van der Waals surface area contributed by atoms with E-state index >= 15 is 0 Å². The first-order valence-electron chi connectivity index (χ1n) is 9.38. The summed E-state index contributed by atoms with van der Waals surface area (Å²) in [7, 11) is 0. The lowest BCUT2D eigenvalue weighted by Gasteiger charge is -2.24. The van der Waals surface area contributed by atoms with Gasteiger partial charge in [0.1, 0.15) is 6.54 Å². The van der Waals surface area contributed by atoms with E-state index < -0.39 is 18.6 Å². The van der Waals surface area contributed by atoms with Crippen LogP contribution >= 0.6 is 23.2 Å². The summed E-state index contributed by atoms with van der Waals surface area (Å²) in [6.07, 6.45) is -3.32. The molecule has 0 bridgehead atoms. The van der Waals surface area contributed by atoms with Gasteiger partial charge < -0.3 is 9.32 Å². The number of carbonyl (C=O) groups is 1. The molecule has 0 aliphatic heterocycles. The number of oxazole rings is 1. The van der Waals surface area contributed by atoms with Gasteiger partial charge in [0.2, 0.25) is 5.91 Å². The van der Waals surface area contributed by atoms with Crippen LogP contribution in [0.25, 0.3) is 11.3 Å². The second-order valence-corrected chi connectivity index (χ2v) is 7.76. The maximum atomic E-state index is 13.0. The first kappa shape index (κ1) is 23.6. The van der Waals surface area contributed by atoms with Gasteiger partial charge in [0, 0.05) is 30.0 Å². The monoisotopic (exact) mass is 481 g/mol. The summed E-state index contributed by atoms with van der Waals surface area (Å²) in [5, 5.41) is 9.65. The average Bonchev–Trinajstić information content (AvgIpc) is 3.20. The van der Waals surface area contributed by atoms with E-state index in [0.717, 1.165) is 4.90 Å². The standard InChI is InChI=1S/C22H16Cl2F3N3O2/c23-16-5-6-17(18(24)9-16)19-11-29-20(32-19)7-8-21(31)30(13-22(25,26)27)12-15-3-1-14(10-28)2-4-15/h1-6,9,11H,7-8,12-13H2. The molecule has 10 heteroatoms. The third kappa shape index (κ3) is 6.49. The molecule has 0 unspecified atom stereocenters. The number of nitrogens with zero attached hydrogens (tertiary/aromatic N) is 3. The largest absolute Gasteiger partial charge is 0.441 e. The van der Waals surface area contributed by atoms with Gasteiger partial charge in [0.05, 0.1) is 22.9 Å². The third-order valence-electron chi connectivity index (χ3n) is 4.48. The van der Waals surface area contributed by atoms with Crippen molar-refractivity contribution >= 4 is 29.1 Å². The molecule has 0 spiro atoms. The highest BCUT2D eigenvalue weighted by molar-refractivity contribution is 6.36. The second kappa shape index (κ2) is 10.1. The van der Waals surface area contributed by atoms with E-state index in [0.29, 0.717) is 32.5 Å². The van der Waals surface area contributed by atoms with Gasteiger partial charge in [-0.05, 0) is 35.9 Å². The first-order chi connectivity index (χ1) is 15.1. The van der Waals surface area contributed by atoms with Crippen LogP contribution in [0.1, 0.15) is 23.4 Å². The van der Waals surface area contributed by atoms with Crippen molar-refractivity contribution < 1.29 is 22.4 Å². The summed E-state index contributed by atoms with van der Waals surface area (Å²) in [6, 6.07) is 12.8. The van der Waals surface area contributed by atoms with Crippen molar-refractivity contribution in [2.75, 3.05) is 6.54 Å². The Hall–Kier alpha value is -3.02. The smallest absolute Gasteiger partial charge is 0.406 e. The summed E-state index contributed by atoms with van der Waals surface area (Å²) >= 11 is 12.0. The fourth-order valence-electron chi connectivity index (χ4n) is 2.97. The first-order valence-corrected chi connectivity index (χ1v) is 10.1. The minimum Gasteiger partial charge on any atom is -0.441 e. The number of amides is 1. The number of hydrogen-bond acceptors (Lipinski definition) is 4. The summed E-state index contributed by atoms with van der Waals surface area (Å²) in [5.74, 6) is -0.139. The zero-order valence-corrected chi connectivity index (χ0v) is 18.0. The van der Waals surface area contributed by atoms with E-state index in [9.17, 15) is 18.0 Å². The molecule has 3 aromatic rings. The van der Waals surface area contributed by atoms with Gasteiger partial charge in [0.15, 0.2) is 11.7 Å². The Labute approximate surface area is 192 Å². The molecule has 0 aliphatic carbocycles. The van der Waals surface area contributed by atoms with Crippen LogP contribution in [0.2, 0.25) is 10.0 Å². The van der Waals surface area contributed by atoms with Gasteiger partial charge in [-0.1, -0.05) is 35.3 Å². The number of aromatic nitrogens is 1. The molecule has 5 nitrogen and oxygen atoms in total. The number of rotatable bonds is 7. The molecule has 2 aromatic carbocycles. The molecule has 0 saturated heterocycles. The normalized spacial score (nSPS) is 11.2. The van der Waals surface area contributed by atoms with Crippen LogP contribution < -0.4 is 0 Å². The Morgan fingerprint density at radius 1 is 1.16 bits per heavy atom. The minimum atomic E-state index is -4.55. The van der Waals surface area contributed by atoms with Gasteiger partial charge in [-0.3, -0.25) is 4.79 Å². The Morgan fingerprint density at radius 3 is 2.50 bits per heavy atom. The lowest BCUT2D eigenvalue weighted by Crippen LogP contribution is -2.38. The number of aryl methyl sites for hydroxylation is 1. The Balaban J connectivity index is 1.68. The molecule has 1 heterocycles. The molecular formula is C22H16Cl2F3N3O2.